The van der Waals surface area contributed by atoms with E-state index in [9.17, 15) is 14.7 Å². The number of nitrogen functional groups attached to an aromatic ring is 1. The molecule has 0 saturated heterocycles. The van der Waals surface area contributed by atoms with E-state index in [-0.39, 0.29) is 24.0 Å². The Morgan fingerprint density at radius 3 is 2.33 bits per heavy atom. The van der Waals surface area contributed by atoms with Crippen molar-refractivity contribution in [2.24, 2.45) is 5.73 Å². The van der Waals surface area contributed by atoms with E-state index in [1.165, 1.54) is 0 Å². The summed E-state index contributed by atoms with van der Waals surface area (Å²) in [6.07, 6.45) is -1.21. The number of aliphatic carboxylic acids is 1. The van der Waals surface area contributed by atoms with Crippen LogP contribution in [0.1, 0.15) is 27.2 Å². The second-order valence-electron chi connectivity index (χ2n) is 8.88. The monoisotopic (exact) mass is 483 g/mol. The van der Waals surface area contributed by atoms with E-state index in [0.717, 1.165) is 27.8 Å². The number of anilines is 1. The number of carboxylic acid groups (broad SMARTS) is 1. The summed E-state index contributed by atoms with van der Waals surface area (Å²) >= 11 is 0. The number of aliphatic hydroxyl groups excluding tert-OH is 1. The number of carbonyl (C=O) groups is 2. The standard InChI is InChI=1S/C27H25N5O4/c28-23(26(35)36)22(33)12-15-5-3-4-8-19(15)16-9-10-21-20(11-16)24(31-27(29)30-21)25(34)32-13-17-6-1-2-7-18(17)14-32/h1-11,22-23,33H,12-14,28H2,(H,35,36)(H2,29,30,31). The number of benzene rings is 3. The molecule has 0 fully saturated rings. The maximum Gasteiger partial charge on any atom is 0.323 e. The highest BCUT2D eigenvalue weighted by Gasteiger charge is 2.27. The molecule has 0 spiro atoms. The molecule has 2 heterocycles. The van der Waals surface area contributed by atoms with Gasteiger partial charge in [-0.3, -0.25) is 9.59 Å². The lowest BCUT2D eigenvalue weighted by atomic mass is 9.93. The Hall–Kier alpha value is -4.34. The summed E-state index contributed by atoms with van der Waals surface area (Å²) in [6.45, 7) is 0.981. The fourth-order valence-electron chi connectivity index (χ4n) is 4.60. The highest BCUT2D eigenvalue weighted by atomic mass is 16.4. The summed E-state index contributed by atoms with van der Waals surface area (Å²) in [6, 6.07) is 19.3. The first kappa shape index (κ1) is 23.4. The van der Waals surface area contributed by atoms with Gasteiger partial charge in [-0.15, -0.1) is 0 Å². The molecule has 0 bridgehead atoms. The summed E-state index contributed by atoms with van der Waals surface area (Å²) in [5.41, 5.74) is 16.8. The molecule has 1 amide bonds. The number of rotatable bonds is 6. The van der Waals surface area contributed by atoms with Crippen molar-refractivity contribution in [1.82, 2.24) is 14.9 Å². The van der Waals surface area contributed by atoms with Gasteiger partial charge in [0.1, 0.15) is 11.7 Å². The Bertz CT molecular complexity index is 1460. The molecule has 3 aromatic carbocycles. The molecule has 36 heavy (non-hydrogen) atoms. The van der Waals surface area contributed by atoms with E-state index in [2.05, 4.69) is 9.97 Å². The third kappa shape index (κ3) is 4.37. The summed E-state index contributed by atoms with van der Waals surface area (Å²) in [4.78, 5) is 35.1. The van der Waals surface area contributed by atoms with Gasteiger partial charge in [-0.05, 0) is 39.9 Å². The lowest BCUT2D eigenvalue weighted by Crippen LogP contribution is -2.42. The number of carboxylic acids is 1. The summed E-state index contributed by atoms with van der Waals surface area (Å²) in [5.74, 6) is -1.49. The number of amides is 1. The van der Waals surface area contributed by atoms with Crippen LogP contribution in [0.5, 0.6) is 0 Å². The zero-order chi connectivity index (χ0) is 25.4. The number of nitrogens with two attached hydrogens (primary N) is 2. The number of aromatic nitrogens is 2. The molecule has 9 heteroatoms. The smallest absolute Gasteiger partial charge is 0.323 e. The normalized spacial score (nSPS) is 14.4. The molecule has 0 saturated carbocycles. The van der Waals surface area contributed by atoms with Crippen LogP contribution in [-0.2, 0) is 24.3 Å². The van der Waals surface area contributed by atoms with Gasteiger partial charge >= 0.3 is 5.97 Å². The van der Waals surface area contributed by atoms with Gasteiger partial charge in [0.15, 0.2) is 0 Å². The molecule has 0 aliphatic carbocycles. The molecular weight excluding hydrogens is 458 g/mol. The topological polar surface area (TPSA) is 156 Å². The van der Waals surface area contributed by atoms with E-state index in [1.807, 2.05) is 60.7 Å². The van der Waals surface area contributed by atoms with Crippen molar-refractivity contribution < 1.29 is 19.8 Å². The van der Waals surface area contributed by atoms with Crippen molar-refractivity contribution in [1.29, 1.82) is 0 Å². The van der Waals surface area contributed by atoms with E-state index in [4.69, 9.17) is 16.6 Å². The van der Waals surface area contributed by atoms with Crippen molar-refractivity contribution in [3.8, 4) is 11.1 Å². The maximum atomic E-state index is 13.6. The van der Waals surface area contributed by atoms with Crippen molar-refractivity contribution in [2.45, 2.75) is 31.7 Å². The number of fused-ring (bicyclic) bond motifs is 2. The molecule has 0 radical (unpaired) electrons. The maximum absolute atomic E-state index is 13.6. The van der Waals surface area contributed by atoms with Gasteiger partial charge < -0.3 is 26.6 Å². The first-order chi connectivity index (χ1) is 17.3. The fourth-order valence-corrected chi connectivity index (χ4v) is 4.60. The molecule has 9 nitrogen and oxygen atoms in total. The highest BCUT2D eigenvalue weighted by Crippen LogP contribution is 2.31. The van der Waals surface area contributed by atoms with Crippen LogP contribution in [-0.4, -0.2) is 49.1 Å². The van der Waals surface area contributed by atoms with E-state index >= 15 is 0 Å². The quantitative estimate of drug-likeness (QED) is 0.326. The predicted octanol–water partition coefficient (Wildman–Crippen LogP) is 2.35. The Labute approximate surface area is 207 Å². The van der Waals surface area contributed by atoms with Crippen LogP contribution in [0.3, 0.4) is 0 Å². The van der Waals surface area contributed by atoms with Crippen LogP contribution in [0.4, 0.5) is 5.95 Å². The second-order valence-corrected chi connectivity index (χ2v) is 8.88. The van der Waals surface area contributed by atoms with E-state index in [1.54, 1.807) is 11.0 Å². The third-order valence-electron chi connectivity index (χ3n) is 6.50. The van der Waals surface area contributed by atoms with Crippen LogP contribution < -0.4 is 11.5 Å². The zero-order valence-corrected chi connectivity index (χ0v) is 19.3. The number of carbonyl (C=O) groups excluding carboxylic acids is 1. The minimum Gasteiger partial charge on any atom is -0.480 e. The number of hydrogen-bond donors (Lipinski definition) is 4. The molecule has 1 aliphatic rings. The van der Waals surface area contributed by atoms with Gasteiger partial charge in [0.05, 0.1) is 11.6 Å². The molecular formula is C27H25N5O4. The van der Waals surface area contributed by atoms with Crippen LogP contribution >= 0.6 is 0 Å². The molecule has 4 aromatic rings. The average molecular weight is 484 g/mol. The summed E-state index contributed by atoms with van der Waals surface area (Å²) < 4.78 is 0. The summed E-state index contributed by atoms with van der Waals surface area (Å²) in [5, 5.41) is 20.0. The first-order valence-electron chi connectivity index (χ1n) is 11.5. The van der Waals surface area contributed by atoms with Gasteiger partial charge in [0.25, 0.3) is 5.91 Å². The van der Waals surface area contributed by atoms with E-state index < -0.39 is 18.1 Å². The Morgan fingerprint density at radius 2 is 1.64 bits per heavy atom. The highest BCUT2D eigenvalue weighted by molar-refractivity contribution is 6.06. The number of hydrogen-bond acceptors (Lipinski definition) is 7. The SMILES string of the molecule is Nc1nc(C(=O)N2Cc3ccccc3C2)c2cc(-c3ccccc3CC(O)C(N)C(=O)O)ccc2n1. The Morgan fingerprint density at radius 1 is 0.972 bits per heavy atom. The van der Waals surface area contributed by atoms with Gasteiger partial charge in [0, 0.05) is 24.9 Å². The van der Waals surface area contributed by atoms with Gasteiger partial charge in [-0.25, -0.2) is 9.97 Å². The van der Waals surface area contributed by atoms with Crippen molar-refractivity contribution >= 4 is 28.7 Å². The lowest BCUT2D eigenvalue weighted by molar-refractivity contribution is -0.141. The Kier molecular flexibility index (Phi) is 6.09. The molecule has 6 N–H and O–H groups in total. The van der Waals surface area contributed by atoms with E-state index in [0.29, 0.717) is 24.0 Å². The van der Waals surface area contributed by atoms with Gasteiger partial charge in [-0.2, -0.15) is 0 Å². The lowest BCUT2D eigenvalue weighted by Gasteiger charge is -2.18. The molecule has 1 aliphatic heterocycles. The van der Waals surface area contributed by atoms with Crippen LogP contribution in [0.25, 0.3) is 22.0 Å². The number of nitrogens with zero attached hydrogens (tertiary/aromatic N) is 3. The minimum atomic E-state index is -1.40. The van der Waals surface area contributed by atoms with Crippen LogP contribution in [0.15, 0.2) is 66.7 Å². The molecule has 5 rings (SSSR count). The van der Waals surface area contributed by atoms with Crippen molar-refractivity contribution in [3.63, 3.8) is 0 Å². The average Bonchev–Trinajstić information content (AvgIpc) is 3.31. The largest absolute Gasteiger partial charge is 0.480 e. The van der Waals surface area contributed by atoms with Gasteiger partial charge in [-0.1, -0.05) is 54.6 Å². The molecule has 1 aromatic heterocycles. The van der Waals surface area contributed by atoms with Crippen LogP contribution in [0, 0.1) is 0 Å². The first-order valence-corrected chi connectivity index (χ1v) is 11.5. The zero-order valence-electron chi connectivity index (χ0n) is 19.3. The second kappa shape index (κ2) is 9.37. The van der Waals surface area contributed by atoms with Crippen molar-refractivity contribution in [3.05, 3.63) is 89.1 Å². The number of aliphatic hydroxyl groups is 1. The third-order valence-corrected chi connectivity index (χ3v) is 6.50. The summed E-state index contributed by atoms with van der Waals surface area (Å²) in [7, 11) is 0. The van der Waals surface area contributed by atoms with Gasteiger partial charge in [0.2, 0.25) is 5.95 Å². The fraction of sp³-hybridized carbons (Fsp3) is 0.185. The minimum absolute atomic E-state index is 0.0153. The Balaban J connectivity index is 1.53. The van der Waals surface area contributed by atoms with Crippen LogP contribution in [0.2, 0.25) is 0 Å². The predicted molar refractivity (Wildman–Crippen MR) is 135 cm³/mol. The molecule has 182 valence electrons. The molecule has 2 atom stereocenters. The molecule has 2 unspecified atom stereocenters. The van der Waals surface area contributed by atoms with Crippen molar-refractivity contribution in [2.75, 3.05) is 5.73 Å².